The minimum Gasteiger partial charge on any atom is -0.196 e. The van der Waals surface area contributed by atoms with E-state index in [1.54, 1.807) is 4.52 Å². The summed E-state index contributed by atoms with van der Waals surface area (Å²) < 4.78 is 1.78. The van der Waals surface area contributed by atoms with Gasteiger partial charge in [-0.3, -0.25) is 0 Å². The van der Waals surface area contributed by atoms with Gasteiger partial charge >= 0.3 is 0 Å². The van der Waals surface area contributed by atoms with Crippen LogP contribution < -0.4 is 0 Å². The van der Waals surface area contributed by atoms with Gasteiger partial charge < -0.3 is 0 Å². The number of hydrogen-bond donors (Lipinski definition) is 0. The highest BCUT2D eigenvalue weighted by molar-refractivity contribution is 6.30. The van der Waals surface area contributed by atoms with Crippen molar-refractivity contribution in [3.8, 4) is 0 Å². The zero-order valence-electron chi connectivity index (χ0n) is 10.5. The van der Waals surface area contributed by atoms with Gasteiger partial charge in [-0.1, -0.05) is 31.4 Å². The van der Waals surface area contributed by atoms with Crippen molar-refractivity contribution in [3.05, 3.63) is 22.1 Å². The molecule has 17 heavy (non-hydrogen) atoms. The first-order valence-electron chi connectivity index (χ1n) is 6.02. The first-order valence-corrected chi connectivity index (χ1v) is 6.40. The van der Waals surface area contributed by atoms with E-state index in [2.05, 4.69) is 22.2 Å². The van der Waals surface area contributed by atoms with Crippen LogP contribution in [0.3, 0.4) is 0 Å². The van der Waals surface area contributed by atoms with Gasteiger partial charge in [0, 0.05) is 12.0 Å². The summed E-state index contributed by atoms with van der Waals surface area (Å²) in [7, 11) is 0. The molecule has 0 spiro atoms. The molecule has 0 saturated carbocycles. The first-order chi connectivity index (χ1) is 8.15. The number of hydrogen-bond acceptors (Lipinski definition) is 3. The Hall–Kier alpha value is -1.16. The Kier molecular flexibility index (Phi) is 3.62. The molecule has 0 bridgehead atoms. The Balaban J connectivity index is 2.39. The molecule has 0 atom stereocenters. The molecular weight excluding hydrogens is 236 g/mol. The topological polar surface area (TPSA) is 43.1 Å². The third kappa shape index (κ3) is 2.27. The highest BCUT2D eigenvalue weighted by atomic mass is 35.5. The molecule has 0 saturated heterocycles. The molecule has 92 valence electrons. The Morgan fingerprint density at radius 2 is 1.88 bits per heavy atom. The number of rotatable bonds is 4. The third-order valence-electron chi connectivity index (χ3n) is 3.10. The van der Waals surface area contributed by atoms with E-state index in [4.69, 9.17) is 11.6 Å². The minimum atomic E-state index is 0.534. The monoisotopic (exact) mass is 252 g/mol. The second-order valence-corrected chi connectivity index (χ2v) is 4.71. The van der Waals surface area contributed by atoms with Gasteiger partial charge in [-0.2, -0.15) is 9.61 Å². The van der Waals surface area contributed by atoms with Crippen molar-refractivity contribution < 1.29 is 0 Å². The summed E-state index contributed by atoms with van der Waals surface area (Å²) in [6.07, 6.45) is 4.42. The lowest BCUT2D eigenvalue weighted by molar-refractivity contribution is 0.675. The summed E-state index contributed by atoms with van der Waals surface area (Å²) in [5, 5.41) is 13.3. The number of halogens is 1. The van der Waals surface area contributed by atoms with Gasteiger partial charge in [0.05, 0.1) is 0 Å². The molecule has 2 rings (SSSR count). The van der Waals surface area contributed by atoms with Crippen LogP contribution in [0.4, 0.5) is 0 Å². The van der Waals surface area contributed by atoms with E-state index in [0.717, 1.165) is 35.4 Å². The van der Waals surface area contributed by atoms with Crippen LogP contribution in [0.2, 0.25) is 5.15 Å². The maximum absolute atomic E-state index is 6.10. The van der Waals surface area contributed by atoms with Gasteiger partial charge in [0.15, 0.2) is 16.6 Å². The smallest absolute Gasteiger partial charge is 0.181 e. The van der Waals surface area contributed by atoms with Crippen molar-refractivity contribution in [1.29, 1.82) is 0 Å². The van der Waals surface area contributed by atoms with Crippen LogP contribution in [0.5, 0.6) is 0 Å². The lowest BCUT2D eigenvalue weighted by Crippen LogP contribution is -2.02. The maximum Gasteiger partial charge on any atom is 0.181 e. The zero-order valence-corrected chi connectivity index (χ0v) is 11.3. The van der Waals surface area contributed by atoms with Crippen LogP contribution in [0.25, 0.3) is 5.65 Å². The number of aryl methyl sites for hydroxylation is 2. The molecule has 5 heteroatoms. The summed E-state index contributed by atoms with van der Waals surface area (Å²) in [5.41, 5.74) is 2.85. The van der Waals surface area contributed by atoms with Crippen molar-refractivity contribution in [2.45, 2.75) is 46.5 Å². The number of nitrogens with zero attached hydrogens (tertiary/aromatic N) is 4. The summed E-state index contributed by atoms with van der Waals surface area (Å²) in [6, 6.07) is 0. The lowest BCUT2D eigenvalue weighted by Gasteiger charge is -2.04. The second kappa shape index (κ2) is 5.00. The number of fused-ring (bicyclic) bond motifs is 1. The molecule has 4 nitrogen and oxygen atoms in total. The van der Waals surface area contributed by atoms with Gasteiger partial charge in [-0.05, 0) is 25.8 Å². The Labute approximate surface area is 106 Å². The Morgan fingerprint density at radius 1 is 1.12 bits per heavy atom. The predicted octanol–water partition coefficient (Wildman–Crippen LogP) is 3.13. The summed E-state index contributed by atoms with van der Waals surface area (Å²) in [6.45, 7) is 6.14. The van der Waals surface area contributed by atoms with E-state index in [9.17, 15) is 0 Å². The van der Waals surface area contributed by atoms with Crippen molar-refractivity contribution in [1.82, 2.24) is 19.8 Å². The third-order valence-corrected chi connectivity index (χ3v) is 3.46. The minimum absolute atomic E-state index is 0.534. The maximum atomic E-state index is 6.10. The molecule has 0 radical (unpaired) electrons. The fraction of sp³-hybridized carbons (Fsp3) is 0.583. The van der Waals surface area contributed by atoms with Gasteiger partial charge in [0.2, 0.25) is 0 Å². The molecule has 0 N–H and O–H groups in total. The van der Waals surface area contributed by atoms with Crippen molar-refractivity contribution >= 4 is 17.2 Å². The lowest BCUT2D eigenvalue weighted by atomic mass is 10.2. The normalized spacial score (nSPS) is 11.3. The average Bonchev–Trinajstić information content (AvgIpc) is 2.70. The largest absolute Gasteiger partial charge is 0.196 e. The highest BCUT2D eigenvalue weighted by Crippen LogP contribution is 2.20. The molecule has 0 aliphatic carbocycles. The predicted molar refractivity (Wildman–Crippen MR) is 68.5 cm³/mol. The Bertz CT molecular complexity index is 533. The first kappa shape index (κ1) is 12.3. The van der Waals surface area contributed by atoms with E-state index < -0.39 is 0 Å². The molecule has 2 aromatic heterocycles. The highest BCUT2D eigenvalue weighted by Gasteiger charge is 2.12. The Morgan fingerprint density at radius 3 is 2.59 bits per heavy atom. The van der Waals surface area contributed by atoms with Gasteiger partial charge in [-0.25, -0.2) is 0 Å². The van der Waals surface area contributed by atoms with Crippen LogP contribution >= 0.6 is 11.6 Å². The van der Waals surface area contributed by atoms with Gasteiger partial charge in [0.25, 0.3) is 0 Å². The van der Waals surface area contributed by atoms with Crippen molar-refractivity contribution in [2.24, 2.45) is 0 Å². The average molecular weight is 253 g/mol. The van der Waals surface area contributed by atoms with Crippen LogP contribution in [-0.2, 0) is 6.42 Å². The van der Waals surface area contributed by atoms with Crippen LogP contribution in [0.15, 0.2) is 0 Å². The van der Waals surface area contributed by atoms with Gasteiger partial charge in [-0.15, -0.1) is 10.2 Å². The molecule has 0 aromatic carbocycles. The molecule has 2 heterocycles. The molecule has 0 aliphatic rings. The van der Waals surface area contributed by atoms with Crippen molar-refractivity contribution in [2.75, 3.05) is 0 Å². The molecule has 2 aromatic rings. The molecule has 0 aliphatic heterocycles. The van der Waals surface area contributed by atoms with Crippen LogP contribution in [-0.4, -0.2) is 19.8 Å². The fourth-order valence-electron chi connectivity index (χ4n) is 1.83. The van der Waals surface area contributed by atoms with E-state index in [-0.39, 0.29) is 0 Å². The van der Waals surface area contributed by atoms with E-state index >= 15 is 0 Å². The molecule has 0 unspecified atom stereocenters. The SMILES string of the molecule is CCCCCc1nnc2c(C)c(C)c(Cl)nn12. The zero-order chi connectivity index (χ0) is 12.4. The standard InChI is InChI=1S/C12H17ClN4/c1-4-5-6-7-10-14-15-12-9(3)8(2)11(13)16-17(10)12/h4-7H2,1-3H3. The number of unbranched alkanes of at least 4 members (excludes halogenated alkanes) is 2. The fourth-order valence-corrected chi connectivity index (χ4v) is 2.04. The summed E-state index contributed by atoms with van der Waals surface area (Å²) in [5.74, 6) is 0.901. The van der Waals surface area contributed by atoms with Crippen molar-refractivity contribution in [3.63, 3.8) is 0 Å². The van der Waals surface area contributed by atoms with Crippen LogP contribution in [0, 0.1) is 13.8 Å². The van der Waals surface area contributed by atoms with Gasteiger partial charge in [0.1, 0.15) is 0 Å². The quantitative estimate of drug-likeness (QED) is 0.786. The molecule has 0 amide bonds. The van der Waals surface area contributed by atoms with E-state index in [1.807, 2.05) is 13.8 Å². The molecular formula is C12H17ClN4. The summed E-state index contributed by atoms with van der Waals surface area (Å²) in [4.78, 5) is 0. The van der Waals surface area contributed by atoms with Crippen LogP contribution in [0.1, 0.15) is 43.1 Å². The van der Waals surface area contributed by atoms with E-state index in [0.29, 0.717) is 5.15 Å². The molecule has 0 fully saturated rings. The summed E-state index contributed by atoms with van der Waals surface area (Å²) >= 11 is 6.10. The number of aromatic nitrogens is 4. The van der Waals surface area contributed by atoms with E-state index in [1.165, 1.54) is 12.8 Å². The second-order valence-electron chi connectivity index (χ2n) is 4.35.